The fraction of sp³-hybridized carbons (Fsp3) is 0.450. The van der Waals surface area contributed by atoms with E-state index in [1.807, 2.05) is 13.0 Å². The molecule has 3 rings (SSSR count). The predicted octanol–water partition coefficient (Wildman–Crippen LogP) is 2.52. The van der Waals surface area contributed by atoms with Crippen LogP contribution in [0.3, 0.4) is 0 Å². The molecular formula is C20H25N3O4. The van der Waals surface area contributed by atoms with Crippen molar-refractivity contribution in [3.8, 4) is 11.4 Å². The van der Waals surface area contributed by atoms with Crippen molar-refractivity contribution >= 4 is 11.6 Å². The molecule has 2 heterocycles. The molecule has 0 saturated carbocycles. The number of aryl methyl sites for hydroxylation is 1. The van der Waals surface area contributed by atoms with Crippen LogP contribution in [-0.4, -0.2) is 41.3 Å². The minimum Gasteiger partial charge on any atom is -0.376 e. The van der Waals surface area contributed by atoms with Crippen LogP contribution in [0, 0.1) is 0 Å². The normalized spacial score (nSPS) is 17.6. The van der Waals surface area contributed by atoms with Gasteiger partial charge < -0.3 is 19.8 Å². The number of anilines is 1. The average Bonchev–Trinajstić information content (AvgIpc) is 3.19. The summed E-state index contributed by atoms with van der Waals surface area (Å²) in [5.74, 6) is 0.257. The molecule has 1 amide bonds. The molecule has 0 bridgehead atoms. The van der Waals surface area contributed by atoms with Crippen LogP contribution >= 0.6 is 0 Å². The first-order chi connectivity index (χ1) is 13.0. The van der Waals surface area contributed by atoms with Crippen molar-refractivity contribution in [1.29, 1.82) is 0 Å². The van der Waals surface area contributed by atoms with Crippen LogP contribution in [0.2, 0.25) is 0 Å². The molecule has 1 saturated heterocycles. The van der Waals surface area contributed by atoms with Gasteiger partial charge in [-0.05, 0) is 38.3 Å². The number of nitrogens with zero attached hydrogens (tertiary/aromatic N) is 1. The van der Waals surface area contributed by atoms with Gasteiger partial charge in [0.05, 0.1) is 12.7 Å². The van der Waals surface area contributed by atoms with Gasteiger partial charge in [-0.15, -0.1) is 0 Å². The number of ether oxygens (including phenoxy) is 2. The SMILES string of the molecule is CCc1cc(=O)[nH]c(-c2cccc(NC(=O)[C@H](C)OC[C@@H]3CCCO3)c2)n1. The summed E-state index contributed by atoms with van der Waals surface area (Å²) in [6, 6.07) is 8.70. The van der Waals surface area contributed by atoms with Gasteiger partial charge in [0.1, 0.15) is 11.9 Å². The Morgan fingerprint density at radius 3 is 3.04 bits per heavy atom. The first kappa shape index (κ1) is 19.3. The highest BCUT2D eigenvalue weighted by atomic mass is 16.5. The Hall–Kier alpha value is -2.51. The second-order valence-electron chi connectivity index (χ2n) is 6.62. The summed E-state index contributed by atoms with van der Waals surface area (Å²) in [5, 5.41) is 2.85. The lowest BCUT2D eigenvalue weighted by Gasteiger charge is -2.16. The van der Waals surface area contributed by atoms with Gasteiger partial charge in [0.25, 0.3) is 11.5 Å². The van der Waals surface area contributed by atoms with E-state index in [-0.39, 0.29) is 17.6 Å². The number of nitrogens with one attached hydrogen (secondary N) is 2. The van der Waals surface area contributed by atoms with Gasteiger partial charge >= 0.3 is 0 Å². The smallest absolute Gasteiger partial charge is 0.253 e. The Labute approximate surface area is 158 Å². The maximum atomic E-state index is 12.4. The number of carbonyl (C=O) groups is 1. The summed E-state index contributed by atoms with van der Waals surface area (Å²) in [7, 11) is 0. The van der Waals surface area contributed by atoms with E-state index >= 15 is 0 Å². The number of hydrogen-bond acceptors (Lipinski definition) is 5. The van der Waals surface area contributed by atoms with E-state index in [9.17, 15) is 9.59 Å². The van der Waals surface area contributed by atoms with Gasteiger partial charge in [0.15, 0.2) is 0 Å². The maximum absolute atomic E-state index is 12.4. The maximum Gasteiger partial charge on any atom is 0.253 e. The Morgan fingerprint density at radius 2 is 2.30 bits per heavy atom. The monoisotopic (exact) mass is 371 g/mol. The minimum absolute atomic E-state index is 0.0809. The van der Waals surface area contributed by atoms with Crippen molar-refractivity contribution < 1.29 is 14.3 Å². The molecule has 7 nitrogen and oxygen atoms in total. The van der Waals surface area contributed by atoms with E-state index in [0.29, 0.717) is 24.5 Å². The van der Waals surface area contributed by atoms with E-state index in [1.165, 1.54) is 6.07 Å². The van der Waals surface area contributed by atoms with Gasteiger partial charge in [-0.25, -0.2) is 4.98 Å². The molecule has 0 unspecified atom stereocenters. The number of benzene rings is 1. The van der Waals surface area contributed by atoms with Crippen molar-refractivity contribution in [3.05, 3.63) is 46.4 Å². The number of aromatic nitrogens is 2. The Morgan fingerprint density at radius 1 is 1.44 bits per heavy atom. The molecule has 1 aliphatic rings. The lowest BCUT2D eigenvalue weighted by atomic mass is 10.1. The third-order valence-corrected chi connectivity index (χ3v) is 4.49. The quantitative estimate of drug-likeness (QED) is 0.780. The first-order valence-corrected chi connectivity index (χ1v) is 9.30. The summed E-state index contributed by atoms with van der Waals surface area (Å²) in [6.07, 6.45) is 2.18. The fourth-order valence-electron chi connectivity index (χ4n) is 2.92. The number of rotatable bonds is 7. The molecule has 2 aromatic rings. The summed E-state index contributed by atoms with van der Waals surface area (Å²) in [5.41, 5.74) is 1.88. The minimum atomic E-state index is -0.584. The second kappa shape index (κ2) is 8.92. The summed E-state index contributed by atoms with van der Waals surface area (Å²) < 4.78 is 11.1. The van der Waals surface area contributed by atoms with Crippen LogP contribution in [0.5, 0.6) is 0 Å². The van der Waals surface area contributed by atoms with Crippen LogP contribution in [0.1, 0.15) is 32.4 Å². The summed E-state index contributed by atoms with van der Waals surface area (Å²) in [6.45, 7) is 4.85. The number of aromatic amines is 1. The van der Waals surface area contributed by atoms with Gasteiger partial charge in [-0.1, -0.05) is 19.1 Å². The second-order valence-corrected chi connectivity index (χ2v) is 6.62. The predicted molar refractivity (Wildman–Crippen MR) is 103 cm³/mol. The van der Waals surface area contributed by atoms with Crippen LogP contribution in [0.25, 0.3) is 11.4 Å². The highest BCUT2D eigenvalue weighted by Crippen LogP contribution is 2.19. The van der Waals surface area contributed by atoms with Crippen LogP contribution in [-0.2, 0) is 20.7 Å². The Bertz CT molecular complexity index is 843. The molecule has 144 valence electrons. The van der Waals surface area contributed by atoms with Gasteiger partial charge in [-0.3, -0.25) is 9.59 Å². The highest BCUT2D eigenvalue weighted by Gasteiger charge is 2.20. The third-order valence-electron chi connectivity index (χ3n) is 4.49. The van der Waals surface area contributed by atoms with Crippen LogP contribution < -0.4 is 10.9 Å². The largest absolute Gasteiger partial charge is 0.376 e. The molecule has 1 aromatic carbocycles. The van der Waals surface area contributed by atoms with Crippen LogP contribution in [0.15, 0.2) is 35.1 Å². The van der Waals surface area contributed by atoms with E-state index in [4.69, 9.17) is 9.47 Å². The average molecular weight is 371 g/mol. The number of carbonyl (C=O) groups excluding carboxylic acids is 1. The van der Waals surface area contributed by atoms with E-state index in [2.05, 4.69) is 15.3 Å². The number of H-pyrrole nitrogens is 1. The lowest BCUT2D eigenvalue weighted by molar-refractivity contribution is -0.128. The lowest BCUT2D eigenvalue weighted by Crippen LogP contribution is -2.30. The molecule has 27 heavy (non-hydrogen) atoms. The Kier molecular flexibility index (Phi) is 6.36. The van der Waals surface area contributed by atoms with Gasteiger partial charge in [-0.2, -0.15) is 0 Å². The topological polar surface area (TPSA) is 93.3 Å². The molecule has 1 aliphatic heterocycles. The zero-order chi connectivity index (χ0) is 19.2. The molecule has 2 N–H and O–H groups in total. The molecule has 1 fully saturated rings. The summed E-state index contributed by atoms with van der Waals surface area (Å²) >= 11 is 0. The Balaban J connectivity index is 1.65. The fourth-order valence-corrected chi connectivity index (χ4v) is 2.92. The van der Waals surface area contributed by atoms with Crippen molar-refractivity contribution in [1.82, 2.24) is 9.97 Å². The van der Waals surface area contributed by atoms with E-state index < -0.39 is 6.10 Å². The molecular weight excluding hydrogens is 346 g/mol. The van der Waals surface area contributed by atoms with E-state index in [0.717, 1.165) is 30.7 Å². The molecule has 7 heteroatoms. The van der Waals surface area contributed by atoms with Crippen molar-refractivity contribution in [2.24, 2.45) is 0 Å². The zero-order valence-corrected chi connectivity index (χ0v) is 15.7. The number of amides is 1. The molecule has 0 aliphatic carbocycles. The first-order valence-electron chi connectivity index (χ1n) is 9.30. The highest BCUT2D eigenvalue weighted by molar-refractivity contribution is 5.94. The standard InChI is InChI=1S/C20H25N3O4/c1-3-15-11-18(24)23-19(21-15)14-6-4-7-16(10-14)22-20(25)13(2)27-12-17-8-5-9-26-17/h4,6-7,10-11,13,17H,3,5,8-9,12H2,1-2H3,(H,22,25)(H,21,23,24)/t13-,17-/m0/s1. The van der Waals surface area contributed by atoms with Crippen molar-refractivity contribution in [2.45, 2.75) is 45.3 Å². The van der Waals surface area contributed by atoms with Crippen molar-refractivity contribution in [3.63, 3.8) is 0 Å². The third kappa shape index (κ3) is 5.24. The molecule has 0 spiro atoms. The summed E-state index contributed by atoms with van der Waals surface area (Å²) in [4.78, 5) is 31.3. The molecule has 2 atom stereocenters. The van der Waals surface area contributed by atoms with Gasteiger partial charge in [0, 0.05) is 29.6 Å². The number of hydrogen-bond donors (Lipinski definition) is 2. The molecule has 0 radical (unpaired) electrons. The van der Waals surface area contributed by atoms with Gasteiger partial charge in [0.2, 0.25) is 0 Å². The van der Waals surface area contributed by atoms with E-state index in [1.54, 1.807) is 25.1 Å². The van der Waals surface area contributed by atoms with Crippen molar-refractivity contribution in [2.75, 3.05) is 18.5 Å². The van der Waals surface area contributed by atoms with Crippen LogP contribution in [0.4, 0.5) is 5.69 Å². The zero-order valence-electron chi connectivity index (χ0n) is 15.7. The molecule has 1 aromatic heterocycles.